The SMILES string of the molecule is Cc1cncc([C@@H](N)C2CC2)c1. The first-order valence-electron chi connectivity index (χ1n) is 4.44. The Labute approximate surface area is 72.8 Å². The second-order valence-corrected chi connectivity index (χ2v) is 3.66. The van der Waals surface area contributed by atoms with Crippen LogP contribution in [-0.4, -0.2) is 4.98 Å². The van der Waals surface area contributed by atoms with Gasteiger partial charge in [0.15, 0.2) is 0 Å². The summed E-state index contributed by atoms with van der Waals surface area (Å²) in [6.07, 6.45) is 6.32. The second-order valence-electron chi connectivity index (χ2n) is 3.66. The van der Waals surface area contributed by atoms with E-state index < -0.39 is 0 Å². The number of pyridine rings is 1. The molecule has 0 spiro atoms. The molecule has 12 heavy (non-hydrogen) atoms. The minimum absolute atomic E-state index is 0.220. The molecule has 1 aromatic heterocycles. The Morgan fingerprint density at radius 3 is 2.83 bits per heavy atom. The van der Waals surface area contributed by atoms with E-state index in [1.54, 1.807) is 0 Å². The number of hydrogen-bond acceptors (Lipinski definition) is 2. The zero-order valence-corrected chi connectivity index (χ0v) is 7.33. The van der Waals surface area contributed by atoms with Crippen molar-refractivity contribution >= 4 is 0 Å². The van der Waals surface area contributed by atoms with Crippen LogP contribution < -0.4 is 5.73 Å². The number of hydrogen-bond donors (Lipinski definition) is 1. The highest BCUT2D eigenvalue weighted by molar-refractivity contribution is 5.21. The van der Waals surface area contributed by atoms with E-state index in [4.69, 9.17) is 5.73 Å². The van der Waals surface area contributed by atoms with E-state index in [0.29, 0.717) is 5.92 Å². The number of rotatable bonds is 2. The van der Waals surface area contributed by atoms with Gasteiger partial charge in [0.2, 0.25) is 0 Å². The van der Waals surface area contributed by atoms with E-state index in [0.717, 1.165) is 0 Å². The molecule has 0 amide bonds. The molecule has 64 valence electrons. The number of aromatic nitrogens is 1. The van der Waals surface area contributed by atoms with Crippen molar-refractivity contribution in [3.8, 4) is 0 Å². The summed E-state index contributed by atoms with van der Waals surface area (Å²) in [5.41, 5.74) is 8.42. The molecule has 2 rings (SSSR count). The molecule has 0 saturated heterocycles. The van der Waals surface area contributed by atoms with Crippen molar-refractivity contribution < 1.29 is 0 Å². The van der Waals surface area contributed by atoms with Crippen LogP contribution in [0.15, 0.2) is 18.5 Å². The molecule has 1 heterocycles. The third-order valence-corrected chi connectivity index (χ3v) is 2.41. The average Bonchev–Trinajstić information content (AvgIpc) is 2.85. The van der Waals surface area contributed by atoms with Gasteiger partial charge in [-0.05, 0) is 36.8 Å². The van der Waals surface area contributed by atoms with Gasteiger partial charge in [0.05, 0.1) is 0 Å². The predicted molar refractivity (Wildman–Crippen MR) is 48.6 cm³/mol. The molecule has 0 aliphatic heterocycles. The maximum absolute atomic E-state index is 6.03. The highest BCUT2D eigenvalue weighted by Crippen LogP contribution is 2.39. The lowest BCUT2D eigenvalue weighted by molar-refractivity contribution is 0.630. The molecule has 0 aromatic carbocycles. The summed E-state index contributed by atoms with van der Waals surface area (Å²) in [4.78, 5) is 4.14. The van der Waals surface area contributed by atoms with Crippen molar-refractivity contribution in [3.05, 3.63) is 29.6 Å². The summed E-state index contributed by atoms with van der Waals surface area (Å²) < 4.78 is 0. The minimum atomic E-state index is 0.220. The molecule has 1 saturated carbocycles. The van der Waals surface area contributed by atoms with Gasteiger partial charge in [-0.15, -0.1) is 0 Å². The maximum Gasteiger partial charge on any atom is 0.0338 e. The molecular formula is C10H14N2. The lowest BCUT2D eigenvalue weighted by atomic mass is 10.0. The van der Waals surface area contributed by atoms with Crippen LogP contribution in [0.3, 0.4) is 0 Å². The van der Waals surface area contributed by atoms with Crippen molar-refractivity contribution in [1.82, 2.24) is 4.98 Å². The molecule has 1 aliphatic rings. The van der Waals surface area contributed by atoms with Gasteiger partial charge in [-0.1, -0.05) is 6.07 Å². The van der Waals surface area contributed by atoms with Crippen molar-refractivity contribution in [2.24, 2.45) is 11.7 Å². The molecule has 1 atom stereocenters. The summed E-state index contributed by atoms with van der Waals surface area (Å²) >= 11 is 0. The monoisotopic (exact) mass is 162 g/mol. The van der Waals surface area contributed by atoms with Crippen LogP contribution in [0.4, 0.5) is 0 Å². The Bertz CT molecular complexity index is 279. The molecule has 0 unspecified atom stereocenters. The van der Waals surface area contributed by atoms with E-state index in [-0.39, 0.29) is 6.04 Å². The number of nitrogens with zero attached hydrogens (tertiary/aromatic N) is 1. The first-order chi connectivity index (χ1) is 5.77. The van der Waals surface area contributed by atoms with Crippen LogP contribution in [0.25, 0.3) is 0 Å². The Kier molecular flexibility index (Phi) is 1.85. The summed E-state index contributed by atoms with van der Waals surface area (Å²) in [6.45, 7) is 2.05. The fourth-order valence-electron chi connectivity index (χ4n) is 1.49. The Hall–Kier alpha value is -0.890. The third-order valence-electron chi connectivity index (χ3n) is 2.41. The highest BCUT2D eigenvalue weighted by atomic mass is 14.7. The zero-order valence-electron chi connectivity index (χ0n) is 7.33. The van der Waals surface area contributed by atoms with Gasteiger partial charge in [-0.3, -0.25) is 4.98 Å². The second kappa shape index (κ2) is 2.87. The first kappa shape index (κ1) is 7.74. The van der Waals surface area contributed by atoms with E-state index >= 15 is 0 Å². The van der Waals surface area contributed by atoms with Gasteiger partial charge in [0.1, 0.15) is 0 Å². The lowest BCUT2D eigenvalue weighted by Gasteiger charge is -2.09. The van der Waals surface area contributed by atoms with Gasteiger partial charge >= 0.3 is 0 Å². The predicted octanol–water partition coefficient (Wildman–Crippen LogP) is 1.80. The van der Waals surface area contributed by atoms with Gasteiger partial charge in [-0.2, -0.15) is 0 Å². The van der Waals surface area contributed by atoms with Crippen molar-refractivity contribution in [3.63, 3.8) is 0 Å². The van der Waals surface area contributed by atoms with Gasteiger partial charge < -0.3 is 5.73 Å². The Balaban J connectivity index is 2.20. The standard InChI is InChI=1S/C10H14N2/c1-7-4-9(6-12-5-7)10(11)8-2-3-8/h4-6,8,10H,2-3,11H2,1H3/t10-/m0/s1. The maximum atomic E-state index is 6.03. The van der Waals surface area contributed by atoms with E-state index in [1.807, 2.05) is 12.4 Å². The molecule has 1 fully saturated rings. The minimum Gasteiger partial charge on any atom is -0.324 e. The topological polar surface area (TPSA) is 38.9 Å². The summed E-state index contributed by atoms with van der Waals surface area (Å²) in [7, 11) is 0. The molecule has 1 aliphatic carbocycles. The zero-order chi connectivity index (χ0) is 8.55. The van der Waals surface area contributed by atoms with E-state index in [9.17, 15) is 0 Å². The molecular weight excluding hydrogens is 148 g/mol. The van der Waals surface area contributed by atoms with Crippen LogP contribution in [0.1, 0.15) is 30.0 Å². The van der Waals surface area contributed by atoms with Crippen molar-refractivity contribution in [2.75, 3.05) is 0 Å². The smallest absolute Gasteiger partial charge is 0.0338 e. The fraction of sp³-hybridized carbons (Fsp3) is 0.500. The van der Waals surface area contributed by atoms with Crippen molar-refractivity contribution in [2.45, 2.75) is 25.8 Å². The van der Waals surface area contributed by atoms with Crippen molar-refractivity contribution in [1.29, 1.82) is 0 Å². The van der Waals surface area contributed by atoms with Crippen LogP contribution in [0.5, 0.6) is 0 Å². The summed E-state index contributed by atoms with van der Waals surface area (Å²) in [6, 6.07) is 2.35. The summed E-state index contributed by atoms with van der Waals surface area (Å²) in [5, 5.41) is 0. The number of aryl methyl sites for hydroxylation is 1. The van der Waals surface area contributed by atoms with Crippen LogP contribution in [0.2, 0.25) is 0 Å². The van der Waals surface area contributed by atoms with Crippen LogP contribution in [-0.2, 0) is 0 Å². The third kappa shape index (κ3) is 1.48. The Morgan fingerprint density at radius 1 is 1.50 bits per heavy atom. The molecule has 1 aromatic rings. The summed E-state index contributed by atoms with van der Waals surface area (Å²) in [5.74, 6) is 0.716. The van der Waals surface area contributed by atoms with Crippen LogP contribution >= 0.6 is 0 Å². The first-order valence-corrected chi connectivity index (χ1v) is 4.44. The van der Waals surface area contributed by atoms with Gasteiger partial charge in [0, 0.05) is 18.4 Å². The van der Waals surface area contributed by atoms with E-state index in [2.05, 4.69) is 18.0 Å². The molecule has 2 heteroatoms. The quantitative estimate of drug-likeness (QED) is 0.720. The number of nitrogens with two attached hydrogens (primary N) is 1. The average molecular weight is 162 g/mol. The molecule has 2 nitrogen and oxygen atoms in total. The van der Waals surface area contributed by atoms with Crippen LogP contribution in [0, 0.1) is 12.8 Å². The van der Waals surface area contributed by atoms with Gasteiger partial charge in [0.25, 0.3) is 0 Å². The molecule has 2 N–H and O–H groups in total. The fourth-order valence-corrected chi connectivity index (χ4v) is 1.49. The Morgan fingerprint density at radius 2 is 2.25 bits per heavy atom. The van der Waals surface area contributed by atoms with Gasteiger partial charge in [-0.25, -0.2) is 0 Å². The highest BCUT2D eigenvalue weighted by Gasteiger charge is 2.29. The largest absolute Gasteiger partial charge is 0.324 e. The van der Waals surface area contributed by atoms with E-state index in [1.165, 1.54) is 24.0 Å². The normalized spacial score (nSPS) is 19.2. The molecule has 0 bridgehead atoms. The molecule has 0 radical (unpaired) electrons. The lowest BCUT2D eigenvalue weighted by Crippen LogP contribution is -2.12.